The maximum atomic E-state index is 13.2. The summed E-state index contributed by atoms with van der Waals surface area (Å²) in [5.41, 5.74) is 3.08. The van der Waals surface area contributed by atoms with Crippen LogP contribution < -0.4 is 10.6 Å². The average molecular weight is 546 g/mol. The van der Waals surface area contributed by atoms with Crippen molar-refractivity contribution in [3.63, 3.8) is 0 Å². The molecular formula is C23H27N6O8P. The number of phosphoric acid groups is 1. The number of rotatable bonds is 9. The number of nitrogens with zero attached hydrogens (tertiary/aromatic N) is 4. The van der Waals surface area contributed by atoms with Gasteiger partial charge in [0, 0.05) is 30.0 Å². The summed E-state index contributed by atoms with van der Waals surface area (Å²) in [6, 6.07) is 5.52. The Morgan fingerprint density at radius 2 is 1.97 bits per heavy atom. The predicted molar refractivity (Wildman–Crippen MR) is 134 cm³/mol. The van der Waals surface area contributed by atoms with Gasteiger partial charge in [0.05, 0.1) is 5.56 Å². The fourth-order valence-electron chi connectivity index (χ4n) is 3.71. The molecule has 1 aromatic carbocycles. The number of phosphoric ester groups is 1. The van der Waals surface area contributed by atoms with Crippen molar-refractivity contribution < 1.29 is 38.0 Å². The van der Waals surface area contributed by atoms with Crippen LogP contribution in [0.5, 0.6) is 0 Å². The minimum atomic E-state index is -4.85. The van der Waals surface area contributed by atoms with E-state index < -0.39 is 26.6 Å². The highest BCUT2D eigenvalue weighted by atomic mass is 31.2. The maximum absolute atomic E-state index is 13.2. The van der Waals surface area contributed by atoms with Gasteiger partial charge in [-0.05, 0) is 56.9 Å². The number of carbonyl (C=O) groups excluding carboxylic acids is 3. The Morgan fingerprint density at radius 3 is 2.63 bits per heavy atom. The molecule has 0 aliphatic heterocycles. The first-order valence-electron chi connectivity index (χ1n) is 11.7. The molecule has 1 aliphatic rings. The summed E-state index contributed by atoms with van der Waals surface area (Å²) in [4.78, 5) is 60.7. The monoisotopic (exact) mass is 546 g/mol. The molecule has 4 rings (SSSR count). The molecule has 1 fully saturated rings. The third-order valence-electron chi connectivity index (χ3n) is 5.91. The maximum Gasteiger partial charge on any atom is 0.472 e. The number of aryl methyl sites for hydroxylation is 2. The van der Waals surface area contributed by atoms with Crippen LogP contribution >= 0.6 is 7.82 Å². The molecule has 4 N–H and O–H groups in total. The number of imide groups is 1. The van der Waals surface area contributed by atoms with E-state index in [0.29, 0.717) is 28.1 Å². The second kappa shape index (κ2) is 10.9. The van der Waals surface area contributed by atoms with Crippen LogP contribution in [-0.4, -0.2) is 66.6 Å². The van der Waals surface area contributed by atoms with Gasteiger partial charge in [0.1, 0.15) is 11.8 Å². The molecule has 3 amide bonds. The van der Waals surface area contributed by atoms with E-state index in [9.17, 15) is 18.9 Å². The SMILES string of the molecule is CCN(C(=O)OCOP(=O)(O)O)C(=O)c1cn2ncnc(Nc3cc(C(=O)NC4CC4)ccc3C)c2c1C. The zero-order valence-corrected chi connectivity index (χ0v) is 21.8. The standard InChI is InChI=1S/C23H27N6O8P/c1-4-28(23(32)36-12-37-38(33,34)35)22(31)17-10-29-19(14(17)3)20(24-11-25-29)27-18-9-15(6-5-13(18)2)21(30)26-16-7-8-16/h5-6,9-11,16H,4,7-8,12H2,1-3H3,(H,26,30)(H,24,25,27)(H2,33,34,35). The number of nitrogens with one attached hydrogen (secondary N) is 2. The van der Waals surface area contributed by atoms with Gasteiger partial charge in [-0.1, -0.05) is 6.07 Å². The summed E-state index contributed by atoms with van der Waals surface area (Å²) in [6.45, 7) is 3.98. The molecule has 15 heteroatoms. The van der Waals surface area contributed by atoms with Crippen molar-refractivity contribution in [1.82, 2.24) is 24.8 Å². The van der Waals surface area contributed by atoms with Gasteiger partial charge in [0.2, 0.25) is 6.79 Å². The summed E-state index contributed by atoms with van der Waals surface area (Å²) in [6.07, 6.45) is 3.55. The molecule has 1 saturated carbocycles. The van der Waals surface area contributed by atoms with Gasteiger partial charge in [0.25, 0.3) is 11.8 Å². The number of hydrogen-bond acceptors (Lipinski definition) is 9. The number of anilines is 2. The molecule has 3 aromatic rings. The summed E-state index contributed by atoms with van der Waals surface area (Å²) in [7, 11) is -4.85. The van der Waals surface area contributed by atoms with Gasteiger partial charge in [-0.25, -0.2) is 28.3 Å². The predicted octanol–water partition coefficient (Wildman–Crippen LogP) is 2.65. The molecular weight excluding hydrogens is 519 g/mol. The van der Waals surface area contributed by atoms with Crippen molar-refractivity contribution in [1.29, 1.82) is 0 Å². The highest BCUT2D eigenvalue weighted by Gasteiger charge is 2.28. The van der Waals surface area contributed by atoms with Crippen LogP contribution in [0.2, 0.25) is 0 Å². The summed E-state index contributed by atoms with van der Waals surface area (Å²) in [5.74, 6) is -0.495. The smallest absolute Gasteiger partial charge is 0.421 e. The van der Waals surface area contributed by atoms with E-state index in [1.54, 1.807) is 19.1 Å². The lowest BCUT2D eigenvalue weighted by molar-refractivity contribution is 0.0210. The Kier molecular flexibility index (Phi) is 7.78. The fraction of sp³-hybridized carbons (Fsp3) is 0.348. The van der Waals surface area contributed by atoms with Crippen LogP contribution in [0, 0.1) is 13.8 Å². The minimum Gasteiger partial charge on any atom is -0.421 e. The van der Waals surface area contributed by atoms with Gasteiger partial charge in [-0.15, -0.1) is 0 Å². The Labute approximate surface area is 217 Å². The van der Waals surface area contributed by atoms with E-state index in [-0.39, 0.29) is 24.1 Å². The first kappa shape index (κ1) is 27.2. The molecule has 202 valence electrons. The van der Waals surface area contributed by atoms with E-state index in [2.05, 4.69) is 30.0 Å². The molecule has 0 unspecified atom stereocenters. The summed E-state index contributed by atoms with van der Waals surface area (Å²) in [5, 5.41) is 10.3. The lowest BCUT2D eigenvalue weighted by atomic mass is 10.1. The second-order valence-corrected chi connectivity index (χ2v) is 9.91. The third-order valence-corrected chi connectivity index (χ3v) is 6.35. The number of carbonyl (C=O) groups is 3. The van der Waals surface area contributed by atoms with E-state index in [1.165, 1.54) is 24.0 Å². The third kappa shape index (κ3) is 6.17. The Hall–Kier alpha value is -3.84. The molecule has 0 spiro atoms. The lowest BCUT2D eigenvalue weighted by Gasteiger charge is -2.18. The number of fused-ring (bicyclic) bond motifs is 1. The fourth-order valence-corrected chi connectivity index (χ4v) is 3.90. The second-order valence-electron chi connectivity index (χ2n) is 8.67. The lowest BCUT2D eigenvalue weighted by Crippen LogP contribution is -2.37. The molecule has 2 heterocycles. The highest BCUT2D eigenvalue weighted by Crippen LogP contribution is 2.35. The van der Waals surface area contributed by atoms with E-state index >= 15 is 0 Å². The molecule has 38 heavy (non-hydrogen) atoms. The molecule has 0 atom stereocenters. The van der Waals surface area contributed by atoms with Crippen LogP contribution in [0.15, 0.2) is 30.7 Å². The molecule has 1 aliphatic carbocycles. The normalized spacial score (nSPS) is 13.3. The Balaban J connectivity index is 1.59. The van der Waals surface area contributed by atoms with E-state index in [0.717, 1.165) is 23.3 Å². The zero-order chi connectivity index (χ0) is 27.6. The first-order chi connectivity index (χ1) is 18.0. The van der Waals surface area contributed by atoms with Crippen LogP contribution in [0.3, 0.4) is 0 Å². The number of ether oxygens (including phenoxy) is 1. The van der Waals surface area contributed by atoms with Crippen molar-refractivity contribution in [2.24, 2.45) is 0 Å². The minimum absolute atomic E-state index is 0.0785. The highest BCUT2D eigenvalue weighted by molar-refractivity contribution is 7.46. The molecule has 0 saturated heterocycles. The number of benzene rings is 1. The van der Waals surface area contributed by atoms with Crippen molar-refractivity contribution in [2.75, 3.05) is 18.7 Å². The number of aromatic nitrogens is 3. The summed E-state index contributed by atoms with van der Waals surface area (Å²) >= 11 is 0. The molecule has 2 aromatic heterocycles. The average Bonchev–Trinajstić information content (AvgIpc) is 3.60. The topological polar surface area (TPSA) is 185 Å². The summed E-state index contributed by atoms with van der Waals surface area (Å²) < 4.78 is 21.0. The molecule has 0 bridgehead atoms. The quantitative estimate of drug-likeness (QED) is 0.228. The van der Waals surface area contributed by atoms with Crippen LogP contribution in [0.4, 0.5) is 16.3 Å². The van der Waals surface area contributed by atoms with Crippen LogP contribution in [-0.2, 0) is 13.8 Å². The van der Waals surface area contributed by atoms with Gasteiger partial charge in [0.15, 0.2) is 5.82 Å². The van der Waals surface area contributed by atoms with Crippen molar-refractivity contribution >= 4 is 42.8 Å². The first-order valence-corrected chi connectivity index (χ1v) is 13.2. The van der Waals surface area contributed by atoms with Gasteiger partial charge in [-0.2, -0.15) is 5.10 Å². The van der Waals surface area contributed by atoms with Crippen LogP contribution in [0.1, 0.15) is 51.6 Å². The van der Waals surface area contributed by atoms with Crippen LogP contribution in [0.25, 0.3) is 5.52 Å². The van der Waals surface area contributed by atoms with Gasteiger partial charge < -0.3 is 25.2 Å². The Morgan fingerprint density at radius 1 is 1.24 bits per heavy atom. The van der Waals surface area contributed by atoms with Crippen molar-refractivity contribution in [3.05, 3.63) is 53.0 Å². The Bertz CT molecular complexity index is 1450. The van der Waals surface area contributed by atoms with Crippen molar-refractivity contribution in [2.45, 2.75) is 39.7 Å². The van der Waals surface area contributed by atoms with Crippen molar-refractivity contribution in [3.8, 4) is 0 Å². The molecule has 0 radical (unpaired) electrons. The van der Waals surface area contributed by atoms with E-state index in [1.807, 2.05) is 13.0 Å². The van der Waals surface area contributed by atoms with Gasteiger partial charge >= 0.3 is 13.9 Å². The largest absolute Gasteiger partial charge is 0.472 e. The zero-order valence-electron chi connectivity index (χ0n) is 20.9. The van der Waals surface area contributed by atoms with E-state index in [4.69, 9.17) is 9.79 Å². The van der Waals surface area contributed by atoms with Gasteiger partial charge in [-0.3, -0.25) is 9.59 Å². The number of hydrogen-bond donors (Lipinski definition) is 4. The molecule has 14 nitrogen and oxygen atoms in total. The number of amides is 3.